The van der Waals surface area contributed by atoms with Gasteiger partial charge in [-0.15, -0.1) is 0 Å². The van der Waals surface area contributed by atoms with E-state index in [9.17, 15) is 84.6 Å². The average molecular weight is 1960 g/mol. The van der Waals surface area contributed by atoms with Crippen molar-refractivity contribution < 1.29 is 122 Å². The third-order valence-corrected chi connectivity index (χ3v) is 37.4. The smallest absolute Gasteiger partial charge is 0.412 e. The summed E-state index contributed by atoms with van der Waals surface area (Å²) in [6, 6.07) is 14.2. The van der Waals surface area contributed by atoms with Gasteiger partial charge in [0.05, 0.1) is 93.1 Å². The predicted octanol–water partition coefficient (Wildman–Crippen LogP) is 18.3. The molecule has 0 unspecified atom stereocenters. The first-order valence-corrected chi connectivity index (χ1v) is 49.6. The second-order valence-electron chi connectivity index (χ2n) is 35.0. The molecule has 12 rings (SSSR count). The molecule has 5 aromatic carbocycles. The van der Waals surface area contributed by atoms with E-state index in [-0.39, 0.29) is 204 Å². The van der Waals surface area contributed by atoms with E-state index in [1.807, 2.05) is 41.5 Å². The van der Waals surface area contributed by atoms with Crippen LogP contribution >= 0.6 is 58.0 Å². The van der Waals surface area contributed by atoms with Gasteiger partial charge < -0.3 is 63.6 Å². The highest BCUT2D eigenvalue weighted by molar-refractivity contribution is 7.94. The van der Waals surface area contributed by atoms with Crippen molar-refractivity contribution in [2.75, 3.05) is 109 Å². The van der Waals surface area contributed by atoms with Gasteiger partial charge in [0.2, 0.25) is 17.7 Å². The number of hydrogen-bond donors (Lipinski definition) is 6. The Morgan fingerprint density at radius 3 is 1.05 bits per heavy atom. The summed E-state index contributed by atoms with van der Waals surface area (Å²) in [7, 11) is -20.0. The number of phenols is 3. The van der Waals surface area contributed by atoms with Crippen LogP contribution in [0.5, 0.6) is 17.2 Å². The quantitative estimate of drug-likeness (QED) is 0.0234. The Morgan fingerprint density at radius 2 is 0.720 bits per heavy atom. The average Bonchev–Trinajstić information content (AvgIpc) is 1.70. The Balaban J connectivity index is 0.000000194. The number of nitrogens with two attached hydrogens (primary N) is 1. The van der Waals surface area contributed by atoms with E-state index >= 15 is 0 Å². The Bertz CT molecular complexity index is 5570. The molecule has 28 nitrogen and oxygen atoms in total. The molecular weight excluding hydrogens is 1850 g/mol. The van der Waals surface area contributed by atoms with Crippen LogP contribution in [0.2, 0.25) is 25.1 Å². The highest BCUT2D eigenvalue weighted by Gasteiger charge is 2.53. The number of benzene rings is 5. The predicted molar refractivity (Wildman–Crippen MR) is 470 cm³/mol. The number of phenolic OH excluding ortho intramolecular Hbond substituents is 3. The van der Waals surface area contributed by atoms with E-state index in [0.717, 1.165) is 0 Å². The topological polar surface area (TPSA) is 423 Å². The first-order chi connectivity index (χ1) is 58.1. The number of nitrogen functional groups attached to an aromatic ring is 1. The fraction of sp³-hybridized carbons (Fsp3) is 0.590. The number of carbonyl (C=O) groups excluding carboxylic acids is 2. The lowest BCUT2D eigenvalue weighted by molar-refractivity contribution is -0.123. The van der Waals surface area contributed by atoms with Crippen molar-refractivity contribution in [3.05, 3.63) is 97.6 Å². The summed E-state index contributed by atoms with van der Waals surface area (Å²) in [6.07, 6.45) is 0.508. The molecule has 7 N–H and O–H groups in total. The van der Waals surface area contributed by atoms with Crippen molar-refractivity contribution in [3.63, 3.8) is 0 Å². The van der Waals surface area contributed by atoms with Gasteiger partial charge in [0.1, 0.15) is 41.1 Å². The molecule has 0 radical (unpaired) electrons. The lowest BCUT2D eigenvalue weighted by Crippen LogP contribution is -2.44. The lowest BCUT2D eigenvalue weighted by atomic mass is 9.95. The van der Waals surface area contributed by atoms with Gasteiger partial charge in [-0.1, -0.05) is 120 Å². The maximum absolute atomic E-state index is 13.6. The molecule has 42 heteroatoms. The van der Waals surface area contributed by atoms with Crippen molar-refractivity contribution in [1.29, 1.82) is 0 Å². The first kappa shape index (κ1) is 104. The molecule has 5 saturated heterocycles. The van der Waals surface area contributed by atoms with Crippen LogP contribution in [0.1, 0.15) is 185 Å². The van der Waals surface area contributed by atoms with Crippen molar-refractivity contribution in [3.8, 4) is 17.2 Å². The molecule has 5 fully saturated rings. The number of aromatic nitrogens is 2. The number of sulfone groups is 5. The fourth-order valence-corrected chi connectivity index (χ4v) is 27.6. The van der Waals surface area contributed by atoms with Crippen molar-refractivity contribution in [2.24, 2.45) is 5.41 Å². The molecule has 5 aliphatic heterocycles. The summed E-state index contributed by atoms with van der Waals surface area (Å²) in [5, 5.41) is 35.3. The van der Waals surface area contributed by atoms with Crippen molar-refractivity contribution in [1.82, 2.24) is 9.97 Å². The summed E-state index contributed by atoms with van der Waals surface area (Å²) in [6.45, 7) is 21.1. The number of nitrogens with one attached hydrogen (secondary N) is 2. The van der Waals surface area contributed by atoms with Crippen LogP contribution in [0.15, 0.2) is 94.0 Å². The summed E-state index contributed by atoms with van der Waals surface area (Å²) in [5.74, 6) is -1.39. The number of oxazole rings is 2. The number of carbonyl (C=O) groups is 2. The minimum atomic E-state index is -4.23. The minimum absolute atomic E-state index is 0.0552. The third kappa shape index (κ3) is 23.0. The Labute approximate surface area is 752 Å². The summed E-state index contributed by atoms with van der Waals surface area (Å²) in [5.41, 5.74) is 4.38. The zero-order valence-electron chi connectivity index (χ0n) is 71.6. The van der Waals surface area contributed by atoms with Crippen LogP contribution in [-0.2, 0) is 93.2 Å². The monoisotopic (exact) mass is 1960 g/mol. The molecule has 125 heavy (non-hydrogen) atoms. The number of anilines is 3. The van der Waals surface area contributed by atoms with Crippen molar-refractivity contribution >= 4 is 158 Å². The van der Waals surface area contributed by atoms with Gasteiger partial charge in [0.15, 0.2) is 77.6 Å². The van der Waals surface area contributed by atoms with Crippen LogP contribution in [-0.4, -0.2) is 202 Å². The first-order valence-electron chi connectivity index (χ1n) is 40.2. The highest BCUT2D eigenvalue weighted by atomic mass is 35.5. The van der Waals surface area contributed by atoms with Crippen LogP contribution in [0, 0.1) is 5.41 Å². The van der Waals surface area contributed by atoms with Crippen LogP contribution in [0.4, 0.5) is 39.4 Å². The number of fused-ring (bicyclic) bond motifs is 2. The molecule has 7 aromatic rings. The number of ether oxygens (including phenoxy) is 6. The number of alkyl halides is 4. The molecular formula is C83H110Cl5F4N5O23S5. The van der Waals surface area contributed by atoms with Gasteiger partial charge in [-0.05, 0) is 171 Å². The maximum atomic E-state index is 13.6. The largest absolute Gasteiger partial charge is 0.504 e. The molecule has 698 valence electrons. The number of amides is 2. The van der Waals surface area contributed by atoms with Gasteiger partial charge in [-0.3, -0.25) is 27.7 Å². The molecule has 0 spiro atoms. The van der Waals surface area contributed by atoms with E-state index in [0.29, 0.717) is 48.9 Å². The van der Waals surface area contributed by atoms with E-state index < -0.39 is 155 Å². The molecule has 0 bridgehead atoms. The van der Waals surface area contributed by atoms with Gasteiger partial charge >= 0.3 is 6.09 Å². The van der Waals surface area contributed by atoms with Gasteiger partial charge in [0, 0.05) is 82.3 Å². The van der Waals surface area contributed by atoms with E-state index in [2.05, 4.69) is 20.6 Å². The minimum Gasteiger partial charge on any atom is -0.504 e. The molecule has 0 atom stereocenters. The molecule has 5 aliphatic rings. The van der Waals surface area contributed by atoms with E-state index in [1.165, 1.54) is 42.5 Å². The number of halogens is 9. The highest BCUT2D eigenvalue weighted by Crippen LogP contribution is 2.51. The number of nitrogens with zero attached hydrogens (tertiary/aromatic N) is 2. The second kappa shape index (κ2) is 41.4. The number of aromatic hydroxyl groups is 3. The second-order valence-corrected chi connectivity index (χ2v) is 48.3. The normalized spacial score (nSPS) is 17.8. The molecule has 7 heterocycles. The number of rotatable bonds is 20. The molecule has 0 saturated carbocycles. The summed E-state index contributed by atoms with van der Waals surface area (Å²) >= 11 is 30.7. The summed E-state index contributed by atoms with van der Waals surface area (Å²) < 4.78 is 223. The Morgan fingerprint density at radius 1 is 0.432 bits per heavy atom. The Kier molecular flexibility index (Phi) is 34.5. The van der Waals surface area contributed by atoms with E-state index in [1.54, 1.807) is 59.7 Å². The lowest BCUT2D eigenvalue weighted by Gasteiger charge is -2.36. The van der Waals surface area contributed by atoms with Gasteiger partial charge in [-0.2, -0.15) is 0 Å². The fourth-order valence-electron chi connectivity index (χ4n) is 14.7. The zero-order chi connectivity index (χ0) is 93.3. The van der Waals surface area contributed by atoms with Crippen molar-refractivity contribution in [2.45, 2.75) is 238 Å². The molecule has 2 aromatic heterocycles. The third-order valence-electron chi connectivity index (χ3n) is 22.1. The maximum Gasteiger partial charge on any atom is 0.412 e. The van der Waals surface area contributed by atoms with Gasteiger partial charge in [-0.25, -0.2) is 56.9 Å². The molecule has 2 amide bonds. The number of hydrogen-bond acceptors (Lipinski definition) is 26. The Hall–Kier alpha value is -6.30. The standard InChI is InChI=1S/C18H25ClFNO6S.C18H25ClFNO5S.C18H23ClFNO4S.C16H20ClNO4S.C13H17ClFNO4S/c1-17(2,3)27-16(23)21-13-5-4-12(19)15(14(13)22)28(24,25)18(6-9-20)7-10-26-11-8-18;1-17(2,3)16(23)21-13-5-4-12(19)15(14(13)22)27(24,25)18(6-9-20)7-10-26-11-8-18;1-17(2,3)16-21-13-5-4-12(19)15(14(13)25-16)26(22,23)18(6-9-20)7-10-24-11-8-18;1-16(2,3)15-18-12-5-4-11(17)14(13(12)22-15)23(19,20)10-6-8-21-9-7-10;14-9-1-2-10(16)11(17)12(9)21(18,19)13(3-6-15)4-7-20-8-5-13/h4-5,22H,6-11H2,1-3H3,(H,21,23);4-5,22H,6-11H2,1-3H3,(H,21,23);4-5H,6-11H2,1-3H3;4-5,10H,6-9H2,1-3H3;1-2,17H,3-8,16H2. The van der Waals surface area contributed by atoms with Crippen LogP contribution < -0.4 is 16.4 Å². The van der Waals surface area contributed by atoms with Crippen LogP contribution in [0.3, 0.4) is 0 Å². The molecule has 0 aliphatic carbocycles. The summed E-state index contributed by atoms with van der Waals surface area (Å²) in [4.78, 5) is 31.6. The van der Waals surface area contributed by atoms with Gasteiger partial charge in [0.25, 0.3) is 0 Å². The SMILES string of the molecule is CC(C)(C)C(=O)Nc1ccc(Cl)c(S(=O)(=O)C2(CCF)CCOCC2)c1O.CC(C)(C)OC(=O)Nc1ccc(Cl)c(S(=O)(=O)C2(CCF)CCOCC2)c1O.CC(C)(C)c1nc2ccc(Cl)c(S(=O)(=O)C3(CCF)CCOCC3)c2o1.CC(C)(C)c1nc2ccc(Cl)c(S(=O)(=O)C3CCOCC3)c2o1.Nc1ccc(Cl)c(S(=O)(=O)C2(CCF)CCOCC2)c1O. The van der Waals surface area contributed by atoms with E-state index in [4.69, 9.17) is 101 Å². The van der Waals surface area contributed by atoms with Crippen LogP contribution in [0.25, 0.3) is 22.2 Å². The zero-order valence-corrected chi connectivity index (χ0v) is 79.4.